The van der Waals surface area contributed by atoms with Crippen molar-refractivity contribution in [2.75, 3.05) is 20.8 Å². The van der Waals surface area contributed by atoms with Crippen LogP contribution in [0.1, 0.15) is 30.7 Å². The third-order valence-electron chi connectivity index (χ3n) is 4.54. The fourth-order valence-electron chi connectivity index (χ4n) is 3.19. The molecule has 28 heavy (non-hydrogen) atoms. The lowest BCUT2D eigenvalue weighted by Gasteiger charge is -2.19. The molecule has 0 spiro atoms. The number of imidazole rings is 1. The molecule has 0 N–H and O–H groups in total. The zero-order valence-corrected chi connectivity index (χ0v) is 16.5. The number of aromatic nitrogens is 2. The number of hydrogen-bond donors (Lipinski definition) is 0. The molecule has 0 saturated heterocycles. The molecule has 0 amide bonds. The molecule has 1 aromatic heterocycles. The van der Waals surface area contributed by atoms with Gasteiger partial charge < -0.3 is 14.2 Å². The maximum absolute atomic E-state index is 11.8. The second-order valence-corrected chi connectivity index (χ2v) is 6.17. The summed E-state index contributed by atoms with van der Waals surface area (Å²) < 4.78 is 18.1. The van der Waals surface area contributed by atoms with Gasteiger partial charge in [0.15, 0.2) is 12.1 Å². The quantitative estimate of drug-likeness (QED) is 0.534. The van der Waals surface area contributed by atoms with E-state index in [0.717, 1.165) is 34.6 Å². The Kier molecular flexibility index (Phi) is 6.11. The molecule has 3 rings (SSSR count). The molecule has 1 unspecified atom stereocenters. The van der Waals surface area contributed by atoms with Crippen LogP contribution in [-0.4, -0.2) is 36.7 Å². The van der Waals surface area contributed by atoms with Crippen molar-refractivity contribution in [3.8, 4) is 34.0 Å². The topological polar surface area (TPSA) is 62.6 Å². The monoisotopic (exact) mass is 380 g/mol. The first-order valence-electron chi connectivity index (χ1n) is 9.10. The Bertz CT molecular complexity index is 930. The fourth-order valence-corrected chi connectivity index (χ4v) is 3.19. The zero-order valence-electron chi connectivity index (χ0n) is 16.5. The highest BCUT2D eigenvalue weighted by Crippen LogP contribution is 2.36. The summed E-state index contributed by atoms with van der Waals surface area (Å²) in [7, 11) is 3.25. The summed E-state index contributed by atoms with van der Waals surface area (Å²) in [6.45, 7) is 4.35. The van der Waals surface area contributed by atoms with Crippen molar-refractivity contribution in [3.05, 3.63) is 54.4 Å². The number of methoxy groups -OCH3 is 2. The molecule has 0 aliphatic carbocycles. The highest BCUT2D eigenvalue weighted by molar-refractivity contribution is 5.84. The normalized spacial score (nSPS) is 11.9. The third-order valence-corrected chi connectivity index (χ3v) is 4.54. The standard InChI is InChI=1S/C22H24N2O4/c1-5-28-15(2)24-20(14-25)23-21(16-6-10-18(26-3)11-7-16)22(24)17-8-12-19(27-4)13-9-17/h6-15H,5H2,1-4H3. The smallest absolute Gasteiger partial charge is 0.185 e. The summed E-state index contributed by atoms with van der Waals surface area (Å²) in [6, 6.07) is 15.3. The lowest BCUT2D eigenvalue weighted by atomic mass is 10.0. The van der Waals surface area contributed by atoms with E-state index in [-0.39, 0.29) is 6.23 Å². The molecule has 0 radical (unpaired) electrons. The van der Waals surface area contributed by atoms with Crippen LogP contribution in [0.25, 0.3) is 22.5 Å². The number of carbonyl (C=O) groups is 1. The second kappa shape index (κ2) is 8.71. The second-order valence-electron chi connectivity index (χ2n) is 6.17. The van der Waals surface area contributed by atoms with Crippen LogP contribution in [0.15, 0.2) is 48.5 Å². The van der Waals surface area contributed by atoms with E-state index in [2.05, 4.69) is 4.98 Å². The lowest BCUT2D eigenvalue weighted by Crippen LogP contribution is -2.13. The summed E-state index contributed by atoms with van der Waals surface area (Å²) in [5, 5.41) is 0. The van der Waals surface area contributed by atoms with Gasteiger partial charge in [-0.2, -0.15) is 0 Å². The predicted octanol–water partition coefficient (Wildman–Crippen LogP) is 4.60. The summed E-state index contributed by atoms with van der Waals surface area (Å²) in [5.41, 5.74) is 3.33. The van der Waals surface area contributed by atoms with Gasteiger partial charge in [-0.25, -0.2) is 4.98 Å². The van der Waals surface area contributed by atoms with Crippen LogP contribution in [-0.2, 0) is 4.74 Å². The molecule has 1 heterocycles. The Morgan fingerprint density at radius 1 is 0.964 bits per heavy atom. The minimum Gasteiger partial charge on any atom is -0.497 e. The van der Waals surface area contributed by atoms with Crippen molar-refractivity contribution < 1.29 is 19.0 Å². The van der Waals surface area contributed by atoms with Gasteiger partial charge in [0.2, 0.25) is 0 Å². The van der Waals surface area contributed by atoms with Crippen molar-refractivity contribution in [3.63, 3.8) is 0 Å². The molecule has 6 heteroatoms. The Hall–Kier alpha value is -3.12. The molecule has 2 aromatic carbocycles. The van der Waals surface area contributed by atoms with Gasteiger partial charge >= 0.3 is 0 Å². The average Bonchev–Trinajstić information content (AvgIpc) is 3.14. The molecule has 0 aliphatic heterocycles. The van der Waals surface area contributed by atoms with Crippen LogP contribution in [0.5, 0.6) is 11.5 Å². The molecule has 146 valence electrons. The van der Waals surface area contributed by atoms with E-state index >= 15 is 0 Å². The fraction of sp³-hybridized carbons (Fsp3) is 0.273. The SMILES string of the molecule is CCOC(C)n1c(C=O)nc(-c2ccc(OC)cc2)c1-c1ccc(OC)cc1. The summed E-state index contributed by atoms with van der Waals surface area (Å²) in [6.07, 6.45) is 0.414. The van der Waals surface area contributed by atoms with Crippen LogP contribution in [0.3, 0.4) is 0 Å². The number of aldehydes is 1. The van der Waals surface area contributed by atoms with Crippen LogP contribution in [0, 0.1) is 0 Å². The van der Waals surface area contributed by atoms with E-state index in [1.807, 2.05) is 66.9 Å². The third kappa shape index (κ3) is 3.77. The molecule has 1 atom stereocenters. The first-order valence-corrected chi connectivity index (χ1v) is 9.10. The average molecular weight is 380 g/mol. The van der Waals surface area contributed by atoms with Gasteiger partial charge in [-0.05, 0) is 62.4 Å². The van der Waals surface area contributed by atoms with E-state index in [1.165, 1.54) is 0 Å². The van der Waals surface area contributed by atoms with Crippen molar-refractivity contribution >= 4 is 6.29 Å². The molecule has 0 bridgehead atoms. The van der Waals surface area contributed by atoms with Gasteiger partial charge in [-0.15, -0.1) is 0 Å². The number of nitrogens with zero attached hydrogens (tertiary/aromatic N) is 2. The molecule has 0 aliphatic rings. The summed E-state index contributed by atoms with van der Waals surface area (Å²) in [5.74, 6) is 1.83. The number of ether oxygens (including phenoxy) is 3. The van der Waals surface area contributed by atoms with E-state index < -0.39 is 0 Å². The number of rotatable bonds is 8. The lowest BCUT2D eigenvalue weighted by molar-refractivity contribution is 0.0244. The highest BCUT2D eigenvalue weighted by Gasteiger charge is 2.23. The van der Waals surface area contributed by atoms with Gasteiger partial charge in [0, 0.05) is 17.7 Å². The first kappa shape index (κ1) is 19.6. The van der Waals surface area contributed by atoms with E-state index in [9.17, 15) is 4.79 Å². The van der Waals surface area contributed by atoms with Gasteiger partial charge in [0.05, 0.1) is 25.6 Å². The Balaban J connectivity index is 2.23. The number of carbonyl (C=O) groups excluding carboxylic acids is 1. The van der Waals surface area contributed by atoms with Crippen LogP contribution >= 0.6 is 0 Å². The maximum Gasteiger partial charge on any atom is 0.185 e. The van der Waals surface area contributed by atoms with Crippen molar-refractivity contribution in [1.82, 2.24) is 9.55 Å². The predicted molar refractivity (Wildman–Crippen MR) is 108 cm³/mol. The zero-order chi connectivity index (χ0) is 20.1. The molecular formula is C22H24N2O4. The van der Waals surface area contributed by atoms with Crippen LogP contribution in [0.4, 0.5) is 0 Å². The molecular weight excluding hydrogens is 356 g/mol. The van der Waals surface area contributed by atoms with Crippen LogP contribution < -0.4 is 9.47 Å². The van der Waals surface area contributed by atoms with Crippen molar-refractivity contribution in [2.45, 2.75) is 20.1 Å². The first-order chi connectivity index (χ1) is 13.6. The largest absolute Gasteiger partial charge is 0.497 e. The Morgan fingerprint density at radius 2 is 1.50 bits per heavy atom. The maximum atomic E-state index is 11.8. The number of benzene rings is 2. The van der Waals surface area contributed by atoms with Crippen LogP contribution in [0.2, 0.25) is 0 Å². The summed E-state index contributed by atoms with van der Waals surface area (Å²) in [4.78, 5) is 16.4. The van der Waals surface area contributed by atoms with Gasteiger partial charge in [0.1, 0.15) is 17.7 Å². The minimum absolute atomic E-state index is 0.317. The van der Waals surface area contributed by atoms with Crippen molar-refractivity contribution in [1.29, 1.82) is 0 Å². The van der Waals surface area contributed by atoms with Gasteiger partial charge in [0.25, 0.3) is 0 Å². The van der Waals surface area contributed by atoms with E-state index in [4.69, 9.17) is 14.2 Å². The Morgan fingerprint density at radius 3 is 1.96 bits per heavy atom. The number of hydrogen-bond acceptors (Lipinski definition) is 5. The molecule has 6 nitrogen and oxygen atoms in total. The molecule has 3 aromatic rings. The van der Waals surface area contributed by atoms with Gasteiger partial charge in [-0.3, -0.25) is 9.36 Å². The van der Waals surface area contributed by atoms with Crippen molar-refractivity contribution in [2.24, 2.45) is 0 Å². The van der Waals surface area contributed by atoms with Gasteiger partial charge in [-0.1, -0.05) is 0 Å². The molecule has 0 fully saturated rings. The van der Waals surface area contributed by atoms with E-state index in [0.29, 0.717) is 18.1 Å². The Labute approximate surface area is 164 Å². The highest BCUT2D eigenvalue weighted by atomic mass is 16.5. The minimum atomic E-state index is -0.346. The summed E-state index contributed by atoms with van der Waals surface area (Å²) >= 11 is 0. The van der Waals surface area contributed by atoms with E-state index in [1.54, 1.807) is 14.2 Å². The molecule has 0 saturated carbocycles.